The van der Waals surface area contributed by atoms with Crippen molar-refractivity contribution in [2.24, 2.45) is 17.2 Å². The number of aromatic nitrogens is 2. The van der Waals surface area contributed by atoms with Gasteiger partial charge in [0.1, 0.15) is 0 Å². The Bertz CT molecular complexity index is 1990. The maximum absolute atomic E-state index is 6.30. The Balaban J connectivity index is 1.86. The molecule has 0 amide bonds. The van der Waals surface area contributed by atoms with Gasteiger partial charge < -0.3 is 21.8 Å². The average Bonchev–Trinajstić information content (AvgIpc) is 3.37. The standard InChI is InChI=1S/C43H45N5/c1-7-11-21-39(46)41-23-16-22-40(47-41)35-24-25-38(33(9-3)27-35)43-31(6)30(5)42(48(43)37-19-13-12-14-20-37)26-32(8-2)17-15-18-36(29-45)34(10-4)28-44/h7-16,18-29H,2-4,17,44-46H2,1,5-6H3/b11-7-,18-15-,32-26+,34-28+,36-29+,39-21-. The summed E-state index contributed by atoms with van der Waals surface area (Å²) in [4.78, 5) is 4.86. The van der Waals surface area contributed by atoms with Gasteiger partial charge in [-0.25, -0.2) is 4.98 Å². The van der Waals surface area contributed by atoms with Crippen LogP contribution in [0.4, 0.5) is 0 Å². The molecule has 2 aromatic carbocycles. The Morgan fingerprint density at radius 3 is 2.27 bits per heavy atom. The number of benzene rings is 2. The number of hydrogen-bond donors (Lipinski definition) is 3. The molecule has 4 aromatic rings. The van der Waals surface area contributed by atoms with Crippen molar-refractivity contribution in [1.82, 2.24) is 9.55 Å². The first-order chi connectivity index (χ1) is 23.3. The predicted molar refractivity (Wildman–Crippen MR) is 208 cm³/mol. The Kier molecular flexibility index (Phi) is 11.9. The van der Waals surface area contributed by atoms with Crippen LogP contribution in [0.3, 0.4) is 0 Å². The fourth-order valence-electron chi connectivity index (χ4n) is 5.54. The van der Waals surface area contributed by atoms with Gasteiger partial charge in [0.2, 0.25) is 0 Å². The van der Waals surface area contributed by atoms with Gasteiger partial charge in [-0.15, -0.1) is 0 Å². The van der Waals surface area contributed by atoms with Crippen molar-refractivity contribution in [3.05, 3.63) is 186 Å². The number of hydrogen-bond acceptors (Lipinski definition) is 4. The van der Waals surface area contributed by atoms with E-state index in [1.54, 1.807) is 6.08 Å². The van der Waals surface area contributed by atoms with Gasteiger partial charge in [-0.05, 0) is 103 Å². The zero-order chi connectivity index (χ0) is 34.6. The number of nitrogens with zero attached hydrogens (tertiary/aromatic N) is 2. The molecule has 0 unspecified atom stereocenters. The van der Waals surface area contributed by atoms with E-state index in [1.807, 2.05) is 67.6 Å². The van der Waals surface area contributed by atoms with E-state index in [0.717, 1.165) is 61.9 Å². The maximum Gasteiger partial charge on any atom is 0.0866 e. The van der Waals surface area contributed by atoms with Crippen molar-refractivity contribution in [2.75, 3.05) is 0 Å². The van der Waals surface area contributed by atoms with E-state index in [0.29, 0.717) is 12.1 Å². The number of rotatable bonds is 13. The van der Waals surface area contributed by atoms with Crippen LogP contribution in [0.1, 0.15) is 41.4 Å². The van der Waals surface area contributed by atoms with E-state index < -0.39 is 0 Å². The molecular formula is C43H45N5. The van der Waals surface area contributed by atoms with Crippen molar-refractivity contribution in [1.29, 1.82) is 0 Å². The van der Waals surface area contributed by atoms with E-state index in [2.05, 4.69) is 92.8 Å². The van der Waals surface area contributed by atoms with Gasteiger partial charge in [-0.3, -0.25) is 0 Å². The van der Waals surface area contributed by atoms with E-state index in [-0.39, 0.29) is 0 Å². The van der Waals surface area contributed by atoms with Gasteiger partial charge in [-0.1, -0.05) is 98.7 Å². The molecule has 0 aliphatic rings. The second-order valence-electron chi connectivity index (χ2n) is 11.2. The summed E-state index contributed by atoms with van der Waals surface area (Å²) in [7, 11) is 0. The summed E-state index contributed by atoms with van der Waals surface area (Å²) in [6, 6.07) is 22.7. The molecule has 6 N–H and O–H groups in total. The van der Waals surface area contributed by atoms with Crippen LogP contribution in [0.2, 0.25) is 0 Å². The van der Waals surface area contributed by atoms with Crippen LogP contribution in [0, 0.1) is 13.8 Å². The zero-order valence-corrected chi connectivity index (χ0v) is 28.2. The molecule has 5 heteroatoms. The first kappa shape index (κ1) is 34.8. The molecule has 0 aliphatic carbocycles. The molecule has 0 atom stereocenters. The Morgan fingerprint density at radius 1 is 0.875 bits per heavy atom. The molecule has 2 aromatic heterocycles. The topological polar surface area (TPSA) is 95.9 Å². The van der Waals surface area contributed by atoms with Crippen LogP contribution in [-0.4, -0.2) is 9.55 Å². The molecule has 0 aliphatic heterocycles. The normalized spacial score (nSPS) is 13.0. The van der Waals surface area contributed by atoms with Crippen LogP contribution in [0.5, 0.6) is 0 Å². The van der Waals surface area contributed by atoms with Gasteiger partial charge in [0.05, 0.1) is 22.8 Å². The predicted octanol–water partition coefficient (Wildman–Crippen LogP) is 9.73. The van der Waals surface area contributed by atoms with Crippen molar-refractivity contribution >= 4 is 17.8 Å². The lowest BCUT2D eigenvalue weighted by Crippen LogP contribution is -2.02. The molecular weight excluding hydrogens is 587 g/mol. The first-order valence-corrected chi connectivity index (χ1v) is 15.9. The van der Waals surface area contributed by atoms with E-state index in [1.165, 1.54) is 23.5 Å². The number of allylic oxidation sites excluding steroid dienone is 10. The van der Waals surface area contributed by atoms with Gasteiger partial charge >= 0.3 is 0 Å². The highest BCUT2D eigenvalue weighted by atomic mass is 15.0. The van der Waals surface area contributed by atoms with Gasteiger partial charge in [0.25, 0.3) is 0 Å². The largest absolute Gasteiger partial charge is 0.404 e. The SMILES string of the molecule is C=C/C(=C\c1c(C)c(C)c(-c2ccc(-c3cccc(/C(N)=C/C=C\C)n3)cc2C=C)n1-c1ccccc1)C\C=C/C(=C\N)C(/C=C)=C/N. The Labute approximate surface area is 285 Å². The highest BCUT2D eigenvalue weighted by Gasteiger charge is 2.21. The molecule has 0 radical (unpaired) electrons. The average molecular weight is 632 g/mol. The summed E-state index contributed by atoms with van der Waals surface area (Å²) in [6.07, 6.45) is 21.1. The van der Waals surface area contributed by atoms with Crippen LogP contribution < -0.4 is 17.2 Å². The fourth-order valence-corrected chi connectivity index (χ4v) is 5.54. The number of pyridine rings is 1. The Morgan fingerprint density at radius 2 is 1.62 bits per heavy atom. The molecule has 0 saturated heterocycles. The third-order valence-corrected chi connectivity index (χ3v) is 8.26. The summed E-state index contributed by atoms with van der Waals surface area (Å²) in [6.45, 7) is 18.5. The Hall–Kier alpha value is -6.07. The monoisotopic (exact) mass is 631 g/mol. The van der Waals surface area contributed by atoms with E-state index in [4.69, 9.17) is 22.2 Å². The van der Waals surface area contributed by atoms with Crippen LogP contribution >= 0.6 is 0 Å². The lowest BCUT2D eigenvalue weighted by Gasteiger charge is -2.16. The third-order valence-electron chi connectivity index (χ3n) is 8.26. The van der Waals surface area contributed by atoms with Crippen LogP contribution in [-0.2, 0) is 0 Å². The van der Waals surface area contributed by atoms with Crippen molar-refractivity contribution < 1.29 is 0 Å². The minimum Gasteiger partial charge on any atom is -0.404 e. The molecule has 0 fully saturated rings. The number of para-hydroxylation sites is 1. The number of nitrogens with two attached hydrogens (primary N) is 3. The van der Waals surface area contributed by atoms with Gasteiger partial charge in [0.15, 0.2) is 0 Å². The third kappa shape index (κ3) is 7.65. The summed E-state index contributed by atoms with van der Waals surface area (Å²) >= 11 is 0. The molecule has 0 saturated carbocycles. The minimum absolute atomic E-state index is 0.613. The quantitative estimate of drug-likeness (QED) is 0.128. The zero-order valence-electron chi connectivity index (χ0n) is 28.2. The molecule has 2 heterocycles. The molecule has 242 valence electrons. The van der Waals surface area contributed by atoms with Gasteiger partial charge in [0, 0.05) is 34.9 Å². The lowest BCUT2D eigenvalue weighted by atomic mass is 9.97. The van der Waals surface area contributed by atoms with Crippen molar-refractivity contribution in [3.8, 4) is 28.2 Å². The molecule has 48 heavy (non-hydrogen) atoms. The minimum atomic E-state index is 0.613. The summed E-state index contributed by atoms with van der Waals surface area (Å²) in [5.41, 5.74) is 31.4. The van der Waals surface area contributed by atoms with Crippen LogP contribution in [0.15, 0.2) is 158 Å². The molecule has 4 rings (SSSR count). The smallest absolute Gasteiger partial charge is 0.0866 e. The highest BCUT2D eigenvalue weighted by Crippen LogP contribution is 2.38. The molecule has 0 spiro atoms. The van der Waals surface area contributed by atoms with Crippen molar-refractivity contribution in [3.63, 3.8) is 0 Å². The van der Waals surface area contributed by atoms with E-state index >= 15 is 0 Å². The highest BCUT2D eigenvalue weighted by molar-refractivity contribution is 5.83. The van der Waals surface area contributed by atoms with Crippen molar-refractivity contribution in [2.45, 2.75) is 27.2 Å². The van der Waals surface area contributed by atoms with Gasteiger partial charge in [-0.2, -0.15) is 0 Å². The maximum atomic E-state index is 6.30. The van der Waals surface area contributed by atoms with E-state index in [9.17, 15) is 0 Å². The molecule has 5 nitrogen and oxygen atoms in total. The second-order valence-corrected chi connectivity index (χ2v) is 11.2. The first-order valence-electron chi connectivity index (χ1n) is 15.9. The summed E-state index contributed by atoms with van der Waals surface area (Å²) < 4.78 is 2.32. The van der Waals surface area contributed by atoms with Crippen LogP contribution in [0.25, 0.3) is 46.1 Å². The summed E-state index contributed by atoms with van der Waals surface area (Å²) in [5, 5.41) is 0. The fraction of sp³-hybridized carbons (Fsp3) is 0.0930. The molecule has 0 bridgehead atoms. The summed E-state index contributed by atoms with van der Waals surface area (Å²) in [5.74, 6) is 0. The second kappa shape index (κ2) is 16.5. The lowest BCUT2D eigenvalue weighted by molar-refractivity contribution is 1.06.